The van der Waals surface area contributed by atoms with Crippen LogP contribution >= 0.6 is 0 Å². The molecule has 0 saturated carbocycles. The number of hydrogen-bond acceptors (Lipinski definition) is 4. The molecule has 0 aliphatic carbocycles. The number of rotatable bonds is 6. The SMILES string of the molecule is O=C(O)C[C@@H](NC(=O)Cn1cccn1)C(=O)O. The van der Waals surface area contributed by atoms with Crippen LogP contribution < -0.4 is 5.32 Å². The molecule has 3 N–H and O–H groups in total. The Bertz CT molecular complexity index is 414. The van der Waals surface area contributed by atoms with Crippen LogP contribution in [0.15, 0.2) is 18.5 Å². The van der Waals surface area contributed by atoms with Crippen LogP contribution in [-0.4, -0.2) is 43.9 Å². The molecule has 0 fully saturated rings. The third kappa shape index (κ3) is 4.33. The van der Waals surface area contributed by atoms with Gasteiger partial charge in [-0.2, -0.15) is 5.10 Å². The van der Waals surface area contributed by atoms with E-state index in [0.29, 0.717) is 0 Å². The van der Waals surface area contributed by atoms with Gasteiger partial charge < -0.3 is 15.5 Å². The zero-order valence-corrected chi connectivity index (χ0v) is 8.74. The van der Waals surface area contributed by atoms with Gasteiger partial charge in [0.1, 0.15) is 12.6 Å². The molecule has 0 aliphatic heterocycles. The first-order chi connectivity index (χ1) is 7.99. The van der Waals surface area contributed by atoms with Crippen molar-refractivity contribution in [2.45, 2.75) is 19.0 Å². The van der Waals surface area contributed by atoms with Crippen LogP contribution in [0.3, 0.4) is 0 Å². The van der Waals surface area contributed by atoms with E-state index < -0.39 is 30.3 Å². The summed E-state index contributed by atoms with van der Waals surface area (Å²) in [7, 11) is 0. The number of hydrogen-bond donors (Lipinski definition) is 3. The van der Waals surface area contributed by atoms with E-state index in [0.717, 1.165) is 0 Å². The summed E-state index contributed by atoms with van der Waals surface area (Å²) in [5.41, 5.74) is 0. The predicted molar refractivity (Wildman–Crippen MR) is 54.0 cm³/mol. The number of carbonyl (C=O) groups is 3. The summed E-state index contributed by atoms with van der Waals surface area (Å²) in [5, 5.41) is 23.0. The van der Waals surface area contributed by atoms with Gasteiger partial charge in [0.25, 0.3) is 0 Å². The van der Waals surface area contributed by atoms with Crippen molar-refractivity contribution in [3.63, 3.8) is 0 Å². The van der Waals surface area contributed by atoms with E-state index >= 15 is 0 Å². The van der Waals surface area contributed by atoms with Gasteiger partial charge in [0.2, 0.25) is 5.91 Å². The van der Waals surface area contributed by atoms with Gasteiger partial charge in [-0.3, -0.25) is 14.3 Å². The molecule has 1 heterocycles. The Hall–Kier alpha value is -2.38. The molecule has 1 aromatic heterocycles. The maximum absolute atomic E-state index is 11.4. The standard InChI is InChI=1S/C9H11N3O5/c13-7(5-12-3-1-2-10-12)11-6(9(16)17)4-8(14)15/h1-3,6H,4-5H2,(H,11,13)(H,14,15)(H,16,17)/t6-/m1/s1. The third-order valence-corrected chi connectivity index (χ3v) is 1.88. The lowest BCUT2D eigenvalue weighted by Crippen LogP contribution is -2.43. The van der Waals surface area contributed by atoms with Crippen molar-refractivity contribution >= 4 is 17.8 Å². The van der Waals surface area contributed by atoms with Gasteiger partial charge in [-0.1, -0.05) is 0 Å². The van der Waals surface area contributed by atoms with Crippen LogP contribution in [0.5, 0.6) is 0 Å². The molecule has 17 heavy (non-hydrogen) atoms. The minimum absolute atomic E-state index is 0.156. The van der Waals surface area contributed by atoms with E-state index in [2.05, 4.69) is 10.4 Å². The van der Waals surface area contributed by atoms with E-state index in [1.807, 2.05) is 0 Å². The van der Waals surface area contributed by atoms with Crippen LogP contribution in [-0.2, 0) is 20.9 Å². The fourth-order valence-electron chi connectivity index (χ4n) is 1.16. The van der Waals surface area contributed by atoms with Crippen molar-refractivity contribution < 1.29 is 24.6 Å². The number of aliphatic carboxylic acids is 2. The summed E-state index contributed by atoms with van der Waals surface area (Å²) < 4.78 is 1.30. The predicted octanol–water partition coefficient (Wildman–Crippen LogP) is -1.07. The lowest BCUT2D eigenvalue weighted by Gasteiger charge is -2.12. The molecular weight excluding hydrogens is 230 g/mol. The molecule has 0 saturated heterocycles. The zero-order chi connectivity index (χ0) is 12.8. The number of nitrogens with zero attached hydrogens (tertiary/aromatic N) is 2. The second-order valence-corrected chi connectivity index (χ2v) is 3.26. The molecule has 0 aliphatic rings. The van der Waals surface area contributed by atoms with Gasteiger partial charge in [0.05, 0.1) is 6.42 Å². The fraction of sp³-hybridized carbons (Fsp3) is 0.333. The topological polar surface area (TPSA) is 122 Å². The quantitative estimate of drug-likeness (QED) is 0.582. The maximum atomic E-state index is 11.4. The molecule has 1 atom stereocenters. The average Bonchev–Trinajstić information content (AvgIpc) is 2.68. The number of carboxylic acids is 2. The van der Waals surface area contributed by atoms with Crippen LogP contribution in [0.1, 0.15) is 6.42 Å². The Balaban J connectivity index is 2.52. The van der Waals surface area contributed by atoms with Crippen molar-refractivity contribution in [2.24, 2.45) is 0 Å². The molecular formula is C9H11N3O5. The number of carbonyl (C=O) groups excluding carboxylic acids is 1. The summed E-state index contributed by atoms with van der Waals surface area (Å²) in [6.07, 6.45) is 2.34. The Morgan fingerprint density at radius 3 is 2.53 bits per heavy atom. The molecule has 0 bridgehead atoms. The molecule has 8 heteroatoms. The molecule has 8 nitrogen and oxygen atoms in total. The third-order valence-electron chi connectivity index (χ3n) is 1.88. The molecule has 0 spiro atoms. The van der Waals surface area contributed by atoms with Gasteiger partial charge in [-0.15, -0.1) is 0 Å². The lowest BCUT2D eigenvalue weighted by atomic mass is 10.2. The highest BCUT2D eigenvalue weighted by atomic mass is 16.4. The first kappa shape index (κ1) is 12.7. The Kier molecular flexibility index (Phi) is 4.21. The largest absolute Gasteiger partial charge is 0.481 e. The number of aromatic nitrogens is 2. The maximum Gasteiger partial charge on any atom is 0.326 e. The average molecular weight is 241 g/mol. The molecule has 0 unspecified atom stereocenters. The van der Waals surface area contributed by atoms with Crippen LogP contribution in [0.2, 0.25) is 0 Å². The minimum Gasteiger partial charge on any atom is -0.481 e. The molecule has 1 amide bonds. The molecule has 92 valence electrons. The van der Waals surface area contributed by atoms with Crippen molar-refractivity contribution in [1.82, 2.24) is 15.1 Å². The number of amides is 1. The van der Waals surface area contributed by atoms with Crippen LogP contribution in [0, 0.1) is 0 Å². The Morgan fingerprint density at radius 2 is 2.06 bits per heavy atom. The van der Waals surface area contributed by atoms with E-state index in [1.165, 1.54) is 17.1 Å². The first-order valence-corrected chi connectivity index (χ1v) is 4.70. The van der Waals surface area contributed by atoms with E-state index in [1.54, 1.807) is 6.07 Å². The fourth-order valence-corrected chi connectivity index (χ4v) is 1.16. The first-order valence-electron chi connectivity index (χ1n) is 4.70. The summed E-state index contributed by atoms with van der Waals surface area (Å²) >= 11 is 0. The Morgan fingerprint density at radius 1 is 1.35 bits per heavy atom. The number of carboxylic acid groups (broad SMARTS) is 2. The summed E-state index contributed by atoms with van der Waals surface area (Å²) in [5.74, 6) is -3.29. The molecule has 1 aromatic rings. The van der Waals surface area contributed by atoms with Gasteiger partial charge in [-0.25, -0.2) is 4.79 Å². The zero-order valence-electron chi connectivity index (χ0n) is 8.74. The Labute approximate surface area is 95.9 Å². The van der Waals surface area contributed by atoms with Gasteiger partial charge in [0.15, 0.2) is 0 Å². The van der Waals surface area contributed by atoms with E-state index in [9.17, 15) is 14.4 Å². The monoisotopic (exact) mass is 241 g/mol. The van der Waals surface area contributed by atoms with Gasteiger partial charge in [-0.05, 0) is 6.07 Å². The van der Waals surface area contributed by atoms with Gasteiger partial charge in [0, 0.05) is 12.4 Å². The highest BCUT2D eigenvalue weighted by Gasteiger charge is 2.22. The smallest absolute Gasteiger partial charge is 0.326 e. The minimum atomic E-state index is -1.43. The summed E-state index contributed by atoms with van der Waals surface area (Å²) in [6.45, 7) is -0.156. The van der Waals surface area contributed by atoms with Crippen molar-refractivity contribution in [2.75, 3.05) is 0 Å². The second-order valence-electron chi connectivity index (χ2n) is 3.26. The summed E-state index contributed by atoms with van der Waals surface area (Å²) in [4.78, 5) is 32.4. The molecule has 0 radical (unpaired) electrons. The van der Waals surface area contributed by atoms with E-state index in [-0.39, 0.29) is 6.54 Å². The number of nitrogens with one attached hydrogen (secondary N) is 1. The summed E-state index contributed by atoms with van der Waals surface area (Å²) in [6, 6.07) is 0.176. The van der Waals surface area contributed by atoms with Crippen LogP contribution in [0.25, 0.3) is 0 Å². The molecule has 1 rings (SSSR count). The van der Waals surface area contributed by atoms with Crippen molar-refractivity contribution in [1.29, 1.82) is 0 Å². The second kappa shape index (κ2) is 5.64. The van der Waals surface area contributed by atoms with Gasteiger partial charge >= 0.3 is 11.9 Å². The molecule has 0 aromatic carbocycles. The van der Waals surface area contributed by atoms with Crippen molar-refractivity contribution in [3.8, 4) is 0 Å². The van der Waals surface area contributed by atoms with Crippen LogP contribution in [0.4, 0.5) is 0 Å². The van der Waals surface area contributed by atoms with Crippen molar-refractivity contribution in [3.05, 3.63) is 18.5 Å². The lowest BCUT2D eigenvalue weighted by molar-refractivity contribution is -0.147. The normalized spacial score (nSPS) is 11.8. The highest BCUT2D eigenvalue weighted by molar-refractivity contribution is 5.86. The van der Waals surface area contributed by atoms with E-state index in [4.69, 9.17) is 10.2 Å². The highest BCUT2D eigenvalue weighted by Crippen LogP contribution is 1.94.